The van der Waals surface area contributed by atoms with Gasteiger partial charge in [0.2, 0.25) is 10.0 Å². The molecule has 0 aromatic rings. The Labute approximate surface area is 104 Å². The highest BCUT2D eigenvalue weighted by molar-refractivity contribution is 7.89. The molecule has 3 nitrogen and oxygen atoms in total. The minimum absolute atomic E-state index is 0.0163. The molecule has 102 valence electrons. The fraction of sp³-hybridized carbons (Fsp3) is 1.00. The first-order valence-electron chi connectivity index (χ1n) is 5.39. The molecular weight excluding hydrogens is 279 g/mol. The molecule has 1 N–H and O–H groups in total. The van der Waals surface area contributed by atoms with E-state index in [-0.39, 0.29) is 24.5 Å². The standard InChI is InChI=1S/C9H15ClF3NO2S/c10-5-6-17(15,16)14-8-4-2-1-3-7(8)9(11,12)13/h7-8,14H,1-6H2. The summed E-state index contributed by atoms with van der Waals surface area (Å²) in [7, 11) is -3.71. The van der Waals surface area contributed by atoms with E-state index in [2.05, 4.69) is 4.72 Å². The number of alkyl halides is 4. The number of rotatable bonds is 4. The number of hydrogen-bond acceptors (Lipinski definition) is 2. The van der Waals surface area contributed by atoms with Crippen molar-refractivity contribution in [2.75, 3.05) is 11.6 Å². The molecule has 1 aliphatic carbocycles. The number of nitrogens with one attached hydrogen (secondary N) is 1. The van der Waals surface area contributed by atoms with Crippen molar-refractivity contribution in [1.29, 1.82) is 0 Å². The predicted octanol–water partition coefficient (Wildman–Crippen LogP) is 2.27. The summed E-state index contributed by atoms with van der Waals surface area (Å²) >= 11 is 5.29. The lowest BCUT2D eigenvalue weighted by Gasteiger charge is -2.33. The van der Waals surface area contributed by atoms with E-state index in [9.17, 15) is 21.6 Å². The molecule has 2 atom stereocenters. The van der Waals surface area contributed by atoms with Crippen LogP contribution in [0.2, 0.25) is 0 Å². The van der Waals surface area contributed by atoms with Gasteiger partial charge in [-0.15, -0.1) is 11.6 Å². The van der Waals surface area contributed by atoms with Crippen LogP contribution in [0.5, 0.6) is 0 Å². The maximum Gasteiger partial charge on any atom is 0.393 e. The summed E-state index contributed by atoms with van der Waals surface area (Å²) in [5.41, 5.74) is 0. The van der Waals surface area contributed by atoms with Crippen LogP contribution in [0.4, 0.5) is 13.2 Å². The summed E-state index contributed by atoms with van der Waals surface area (Å²) in [6, 6.07) is -1.04. The van der Waals surface area contributed by atoms with Gasteiger partial charge in [-0.1, -0.05) is 12.8 Å². The highest BCUT2D eigenvalue weighted by Crippen LogP contribution is 2.37. The lowest BCUT2D eigenvalue weighted by molar-refractivity contribution is -0.187. The Morgan fingerprint density at radius 2 is 1.82 bits per heavy atom. The second kappa shape index (κ2) is 5.75. The average Bonchev–Trinajstić information content (AvgIpc) is 2.15. The first-order chi connectivity index (χ1) is 7.76. The molecule has 17 heavy (non-hydrogen) atoms. The fourth-order valence-corrected chi connectivity index (χ4v) is 3.73. The van der Waals surface area contributed by atoms with E-state index < -0.39 is 28.2 Å². The SMILES string of the molecule is O=S(=O)(CCCl)NC1CCCCC1C(F)(F)F. The minimum atomic E-state index is -4.35. The first kappa shape index (κ1) is 15.0. The van der Waals surface area contributed by atoms with Crippen LogP contribution in [0.1, 0.15) is 25.7 Å². The zero-order valence-corrected chi connectivity index (χ0v) is 10.7. The van der Waals surface area contributed by atoms with Crippen molar-refractivity contribution in [3.63, 3.8) is 0 Å². The third-order valence-electron chi connectivity index (χ3n) is 2.86. The van der Waals surface area contributed by atoms with E-state index in [1.165, 1.54) is 0 Å². The highest BCUT2D eigenvalue weighted by atomic mass is 35.5. The smallest absolute Gasteiger partial charge is 0.212 e. The van der Waals surface area contributed by atoms with E-state index >= 15 is 0 Å². The van der Waals surface area contributed by atoms with Gasteiger partial charge < -0.3 is 0 Å². The van der Waals surface area contributed by atoms with E-state index in [1.807, 2.05) is 0 Å². The molecule has 0 aromatic heterocycles. The van der Waals surface area contributed by atoms with Crippen LogP contribution in [-0.2, 0) is 10.0 Å². The number of halogens is 4. The van der Waals surface area contributed by atoms with Gasteiger partial charge in [-0.05, 0) is 12.8 Å². The largest absolute Gasteiger partial charge is 0.393 e. The molecule has 2 unspecified atom stereocenters. The molecule has 1 fully saturated rings. The van der Waals surface area contributed by atoms with Gasteiger partial charge in [0, 0.05) is 11.9 Å². The molecule has 0 heterocycles. The zero-order valence-electron chi connectivity index (χ0n) is 9.13. The van der Waals surface area contributed by atoms with Gasteiger partial charge in [-0.25, -0.2) is 13.1 Å². The maximum absolute atomic E-state index is 12.7. The molecule has 1 aliphatic rings. The van der Waals surface area contributed by atoms with Gasteiger partial charge in [0.1, 0.15) is 0 Å². The summed E-state index contributed by atoms with van der Waals surface area (Å²) in [4.78, 5) is 0. The quantitative estimate of drug-likeness (QED) is 0.808. The molecule has 0 aromatic carbocycles. The van der Waals surface area contributed by atoms with E-state index in [4.69, 9.17) is 11.6 Å². The van der Waals surface area contributed by atoms with Crippen molar-refractivity contribution < 1.29 is 21.6 Å². The van der Waals surface area contributed by atoms with Crippen molar-refractivity contribution in [3.8, 4) is 0 Å². The van der Waals surface area contributed by atoms with E-state index in [0.29, 0.717) is 12.8 Å². The third kappa shape index (κ3) is 4.63. The van der Waals surface area contributed by atoms with E-state index in [1.54, 1.807) is 0 Å². The predicted molar refractivity (Wildman–Crippen MR) is 59.4 cm³/mol. The highest BCUT2D eigenvalue weighted by Gasteiger charge is 2.46. The summed E-state index contributed by atoms with van der Waals surface area (Å²) in [5, 5.41) is 0. The summed E-state index contributed by atoms with van der Waals surface area (Å²) < 4.78 is 63.0. The van der Waals surface area contributed by atoms with Crippen molar-refractivity contribution in [2.45, 2.75) is 37.9 Å². The zero-order chi connectivity index (χ0) is 13.1. The molecule has 0 aliphatic heterocycles. The molecule has 0 bridgehead atoms. The van der Waals surface area contributed by atoms with Crippen LogP contribution < -0.4 is 4.72 Å². The van der Waals surface area contributed by atoms with Gasteiger partial charge in [-0.2, -0.15) is 13.2 Å². The van der Waals surface area contributed by atoms with Crippen molar-refractivity contribution in [1.82, 2.24) is 4.72 Å². The van der Waals surface area contributed by atoms with E-state index in [0.717, 1.165) is 0 Å². The fourth-order valence-electron chi connectivity index (χ4n) is 2.05. The minimum Gasteiger partial charge on any atom is -0.212 e. The van der Waals surface area contributed by atoms with Gasteiger partial charge >= 0.3 is 6.18 Å². The summed E-state index contributed by atoms with van der Waals surface area (Å²) in [6.45, 7) is 0. The topological polar surface area (TPSA) is 46.2 Å². The molecule has 8 heteroatoms. The molecule has 0 amide bonds. The van der Waals surface area contributed by atoms with Crippen LogP contribution >= 0.6 is 11.6 Å². The summed E-state index contributed by atoms with van der Waals surface area (Å²) in [5.74, 6) is -2.06. The van der Waals surface area contributed by atoms with Crippen LogP contribution in [0.15, 0.2) is 0 Å². The molecule has 0 spiro atoms. The first-order valence-corrected chi connectivity index (χ1v) is 7.57. The Morgan fingerprint density at radius 1 is 1.24 bits per heavy atom. The Morgan fingerprint density at radius 3 is 2.35 bits per heavy atom. The Bertz CT molecular complexity index is 345. The molecule has 1 rings (SSSR count). The second-order valence-electron chi connectivity index (χ2n) is 4.16. The Balaban J connectivity index is 2.73. The second-order valence-corrected chi connectivity index (χ2v) is 6.42. The van der Waals surface area contributed by atoms with Crippen LogP contribution in [0, 0.1) is 5.92 Å². The Hall–Kier alpha value is -0.0100. The number of sulfonamides is 1. The van der Waals surface area contributed by atoms with Gasteiger partial charge in [0.15, 0.2) is 0 Å². The average molecular weight is 294 g/mol. The van der Waals surface area contributed by atoms with Crippen LogP contribution in [0.3, 0.4) is 0 Å². The summed E-state index contributed by atoms with van der Waals surface area (Å²) in [6.07, 6.45) is -3.05. The van der Waals surface area contributed by atoms with Crippen LogP contribution in [-0.4, -0.2) is 32.3 Å². The van der Waals surface area contributed by atoms with Crippen molar-refractivity contribution in [2.24, 2.45) is 5.92 Å². The van der Waals surface area contributed by atoms with Crippen molar-refractivity contribution in [3.05, 3.63) is 0 Å². The maximum atomic E-state index is 12.7. The third-order valence-corrected chi connectivity index (χ3v) is 4.68. The van der Waals surface area contributed by atoms with Crippen LogP contribution in [0.25, 0.3) is 0 Å². The lowest BCUT2D eigenvalue weighted by atomic mass is 9.85. The Kier molecular flexibility index (Phi) is 5.09. The van der Waals surface area contributed by atoms with Crippen molar-refractivity contribution >= 4 is 21.6 Å². The van der Waals surface area contributed by atoms with Gasteiger partial charge in [0.25, 0.3) is 0 Å². The monoisotopic (exact) mass is 293 g/mol. The molecule has 0 radical (unpaired) electrons. The normalized spacial score (nSPS) is 27.1. The number of hydrogen-bond donors (Lipinski definition) is 1. The molecule has 1 saturated carbocycles. The van der Waals surface area contributed by atoms with Gasteiger partial charge in [0.05, 0.1) is 11.7 Å². The lowest BCUT2D eigenvalue weighted by Crippen LogP contribution is -2.48. The molecular formula is C9H15ClF3NO2S. The van der Waals surface area contributed by atoms with Gasteiger partial charge in [-0.3, -0.25) is 0 Å². The molecule has 0 saturated heterocycles.